The average Bonchev–Trinajstić information content (AvgIpc) is 2.86. The molecule has 114 valence electrons. The summed E-state index contributed by atoms with van der Waals surface area (Å²) in [5, 5.41) is 0.542. The van der Waals surface area contributed by atoms with E-state index in [0.717, 1.165) is 17.8 Å². The number of nitrogens with zero attached hydrogens (tertiary/aromatic N) is 2. The molecule has 1 heterocycles. The standard InChI is InChI=1S/C15H20ClN3O2/c1-11-18-5-6-19(11)7-8-21-15-13(16)9-12(3-4-17)10-14(15)20-2/h5-6,9-10H,3-4,7-8,17H2,1-2H3. The van der Waals surface area contributed by atoms with Crippen LogP contribution in [0.5, 0.6) is 11.5 Å². The van der Waals surface area contributed by atoms with Crippen LogP contribution in [0.3, 0.4) is 0 Å². The number of nitrogens with two attached hydrogens (primary N) is 1. The van der Waals surface area contributed by atoms with Crippen LogP contribution >= 0.6 is 11.6 Å². The van der Waals surface area contributed by atoms with Gasteiger partial charge in [-0.2, -0.15) is 0 Å². The van der Waals surface area contributed by atoms with Crippen LogP contribution in [0.25, 0.3) is 0 Å². The van der Waals surface area contributed by atoms with Crippen molar-refractivity contribution in [2.24, 2.45) is 5.73 Å². The number of methoxy groups -OCH3 is 1. The van der Waals surface area contributed by atoms with Crippen molar-refractivity contribution in [3.05, 3.63) is 40.9 Å². The van der Waals surface area contributed by atoms with Crippen molar-refractivity contribution in [3.63, 3.8) is 0 Å². The first kappa shape index (κ1) is 15.7. The molecule has 0 bridgehead atoms. The molecule has 0 atom stereocenters. The predicted molar refractivity (Wildman–Crippen MR) is 83.2 cm³/mol. The number of imidazole rings is 1. The summed E-state index contributed by atoms with van der Waals surface area (Å²) in [5.41, 5.74) is 6.60. The highest BCUT2D eigenvalue weighted by Gasteiger charge is 2.12. The van der Waals surface area contributed by atoms with E-state index in [9.17, 15) is 0 Å². The van der Waals surface area contributed by atoms with Crippen LogP contribution in [0.2, 0.25) is 5.02 Å². The number of hydrogen-bond donors (Lipinski definition) is 1. The van der Waals surface area contributed by atoms with Gasteiger partial charge in [0.25, 0.3) is 0 Å². The first-order valence-electron chi connectivity index (χ1n) is 6.82. The van der Waals surface area contributed by atoms with Gasteiger partial charge in [0.2, 0.25) is 0 Å². The Morgan fingerprint density at radius 2 is 2.19 bits per heavy atom. The Balaban J connectivity index is 2.06. The maximum Gasteiger partial charge on any atom is 0.179 e. The molecule has 2 aromatic rings. The molecular formula is C15H20ClN3O2. The monoisotopic (exact) mass is 309 g/mol. The molecule has 0 aliphatic rings. The predicted octanol–water partition coefficient (Wildman–Crippen LogP) is 2.43. The van der Waals surface area contributed by atoms with Gasteiger partial charge in [-0.3, -0.25) is 0 Å². The third-order valence-corrected chi connectivity index (χ3v) is 3.51. The van der Waals surface area contributed by atoms with Crippen molar-refractivity contribution >= 4 is 11.6 Å². The number of rotatable bonds is 7. The SMILES string of the molecule is COc1cc(CCN)cc(Cl)c1OCCn1ccnc1C. The molecular weight excluding hydrogens is 290 g/mol. The minimum absolute atomic E-state index is 0.490. The lowest BCUT2D eigenvalue weighted by molar-refractivity contribution is 0.279. The molecule has 0 unspecified atom stereocenters. The van der Waals surface area contributed by atoms with Gasteiger partial charge in [0.15, 0.2) is 11.5 Å². The molecule has 0 aliphatic heterocycles. The Kier molecular flexibility index (Phi) is 5.47. The highest BCUT2D eigenvalue weighted by Crippen LogP contribution is 2.36. The zero-order chi connectivity index (χ0) is 15.2. The number of ether oxygens (including phenoxy) is 2. The van der Waals surface area contributed by atoms with E-state index in [2.05, 4.69) is 4.98 Å². The highest BCUT2D eigenvalue weighted by atomic mass is 35.5. The average molecular weight is 310 g/mol. The minimum atomic E-state index is 0.490. The zero-order valence-electron chi connectivity index (χ0n) is 12.3. The summed E-state index contributed by atoms with van der Waals surface area (Å²) in [4.78, 5) is 4.17. The van der Waals surface area contributed by atoms with Crippen LogP contribution in [-0.4, -0.2) is 29.8 Å². The van der Waals surface area contributed by atoms with Gasteiger partial charge in [-0.05, 0) is 37.6 Å². The molecule has 1 aromatic carbocycles. The van der Waals surface area contributed by atoms with Gasteiger partial charge in [0.05, 0.1) is 18.7 Å². The lowest BCUT2D eigenvalue weighted by Gasteiger charge is -2.14. The summed E-state index contributed by atoms with van der Waals surface area (Å²) in [6.07, 6.45) is 4.44. The molecule has 0 spiro atoms. The second-order valence-electron chi connectivity index (χ2n) is 4.66. The minimum Gasteiger partial charge on any atom is -0.493 e. The van der Waals surface area contributed by atoms with Crippen LogP contribution in [0.4, 0.5) is 0 Å². The summed E-state index contributed by atoms with van der Waals surface area (Å²) >= 11 is 6.28. The fraction of sp³-hybridized carbons (Fsp3) is 0.400. The fourth-order valence-electron chi connectivity index (χ4n) is 2.11. The van der Waals surface area contributed by atoms with E-state index in [4.69, 9.17) is 26.8 Å². The normalized spacial score (nSPS) is 10.7. The number of aryl methyl sites for hydroxylation is 1. The Morgan fingerprint density at radius 1 is 1.38 bits per heavy atom. The molecule has 6 heteroatoms. The summed E-state index contributed by atoms with van der Waals surface area (Å²) < 4.78 is 13.2. The number of aromatic nitrogens is 2. The second kappa shape index (κ2) is 7.33. The first-order chi connectivity index (χ1) is 10.2. The molecule has 0 fully saturated rings. The van der Waals surface area contributed by atoms with Gasteiger partial charge in [-0.15, -0.1) is 0 Å². The van der Waals surface area contributed by atoms with Gasteiger partial charge in [-0.25, -0.2) is 4.98 Å². The summed E-state index contributed by atoms with van der Waals surface area (Å²) in [5.74, 6) is 2.15. The van der Waals surface area contributed by atoms with Crippen molar-refractivity contribution in [2.75, 3.05) is 20.3 Å². The smallest absolute Gasteiger partial charge is 0.179 e. The Labute approximate surface area is 129 Å². The maximum absolute atomic E-state index is 6.28. The molecule has 0 amide bonds. The van der Waals surface area contributed by atoms with Gasteiger partial charge < -0.3 is 19.8 Å². The molecule has 0 saturated heterocycles. The van der Waals surface area contributed by atoms with Crippen LogP contribution < -0.4 is 15.2 Å². The van der Waals surface area contributed by atoms with Gasteiger partial charge >= 0.3 is 0 Å². The van der Waals surface area contributed by atoms with Crippen LogP contribution in [0.1, 0.15) is 11.4 Å². The van der Waals surface area contributed by atoms with Crippen molar-refractivity contribution in [2.45, 2.75) is 19.9 Å². The van der Waals surface area contributed by atoms with Gasteiger partial charge in [-0.1, -0.05) is 11.6 Å². The first-order valence-corrected chi connectivity index (χ1v) is 7.20. The van der Waals surface area contributed by atoms with Crippen molar-refractivity contribution in [1.82, 2.24) is 9.55 Å². The summed E-state index contributed by atoms with van der Waals surface area (Å²) in [7, 11) is 1.60. The van der Waals surface area contributed by atoms with Crippen LogP contribution in [0, 0.1) is 6.92 Å². The van der Waals surface area contributed by atoms with E-state index in [1.54, 1.807) is 13.3 Å². The molecule has 0 aliphatic carbocycles. The van der Waals surface area contributed by atoms with E-state index in [-0.39, 0.29) is 0 Å². The third kappa shape index (κ3) is 3.89. The summed E-state index contributed by atoms with van der Waals surface area (Å²) in [6.45, 7) is 3.72. The van der Waals surface area contributed by atoms with E-state index in [1.165, 1.54) is 0 Å². The number of halogens is 1. The third-order valence-electron chi connectivity index (χ3n) is 3.22. The number of benzene rings is 1. The van der Waals surface area contributed by atoms with E-state index < -0.39 is 0 Å². The lowest BCUT2D eigenvalue weighted by atomic mass is 10.1. The van der Waals surface area contributed by atoms with Gasteiger partial charge in [0, 0.05) is 12.4 Å². The Morgan fingerprint density at radius 3 is 2.81 bits per heavy atom. The fourth-order valence-corrected chi connectivity index (χ4v) is 2.40. The molecule has 5 nitrogen and oxygen atoms in total. The van der Waals surface area contributed by atoms with Gasteiger partial charge in [0.1, 0.15) is 12.4 Å². The zero-order valence-corrected chi connectivity index (χ0v) is 13.1. The van der Waals surface area contributed by atoms with Crippen molar-refractivity contribution in [1.29, 1.82) is 0 Å². The second-order valence-corrected chi connectivity index (χ2v) is 5.07. The molecule has 21 heavy (non-hydrogen) atoms. The lowest BCUT2D eigenvalue weighted by Crippen LogP contribution is -2.10. The topological polar surface area (TPSA) is 62.3 Å². The largest absolute Gasteiger partial charge is 0.493 e. The Hall–Kier alpha value is -1.72. The Bertz CT molecular complexity index is 599. The molecule has 2 N–H and O–H groups in total. The van der Waals surface area contributed by atoms with Crippen LogP contribution in [-0.2, 0) is 13.0 Å². The number of hydrogen-bond acceptors (Lipinski definition) is 4. The van der Waals surface area contributed by atoms with E-state index in [1.807, 2.05) is 29.8 Å². The van der Waals surface area contributed by atoms with Crippen LogP contribution in [0.15, 0.2) is 24.5 Å². The highest BCUT2D eigenvalue weighted by molar-refractivity contribution is 6.32. The van der Waals surface area contributed by atoms with Crippen molar-refractivity contribution in [3.8, 4) is 11.5 Å². The van der Waals surface area contributed by atoms with E-state index >= 15 is 0 Å². The molecule has 1 aromatic heterocycles. The molecule has 0 radical (unpaired) electrons. The molecule has 2 rings (SSSR count). The maximum atomic E-state index is 6.28. The van der Waals surface area contributed by atoms with Crippen molar-refractivity contribution < 1.29 is 9.47 Å². The van der Waals surface area contributed by atoms with E-state index in [0.29, 0.717) is 36.2 Å². The molecule has 0 saturated carbocycles. The summed E-state index contributed by atoms with van der Waals surface area (Å²) in [6, 6.07) is 3.78. The quantitative estimate of drug-likeness (QED) is 0.853.